The third-order valence-electron chi connectivity index (χ3n) is 3.14. The maximum Gasteiger partial charge on any atom is 0.266 e. The minimum atomic E-state index is -0.0602. The molecule has 1 saturated heterocycles. The first kappa shape index (κ1) is 18.3. The molecule has 4 nitrogen and oxygen atoms in total. The molecule has 0 N–H and O–H groups in total. The monoisotopic (exact) mass is 415 g/mol. The van der Waals surface area contributed by atoms with Gasteiger partial charge in [-0.05, 0) is 48.8 Å². The molecule has 0 saturated carbocycles. The van der Waals surface area contributed by atoms with Gasteiger partial charge < -0.3 is 9.47 Å². The van der Waals surface area contributed by atoms with Crippen LogP contribution in [0.3, 0.4) is 0 Å². The number of hydrogen-bond acceptors (Lipinski definition) is 5. The van der Waals surface area contributed by atoms with Crippen molar-refractivity contribution in [3.8, 4) is 11.5 Å². The van der Waals surface area contributed by atoms with E-state index in [-0.39, 0.29) is 5.91 Å². The molecule has 2 rings (SSSR count). The number of benzene rings is 1. The van der Waals surface area contributed by atoms with E-state index in [0.717, 1.165) is 10.0 Å². The minimum Gasteiger partial charge on any atom is -0.493 e. The molecular weight excluding hydrogens is 398 g/mol. The van der Waals surface area contributed by atoms with Gasteiger partial charge in [0.25, 0.3) is 5.91 Å². The number of rotatable bonds is 6. The van der Waals surface area contributed by atoms with Gasteiger partial charge in [-0.15, -0.1) is 0 Å². The van der Waals surface area contributed by atoms with Crippen molar-refractivity contribution in [1.82, 2.24) is 4.90 Å². The number of ether oxygens (including phenoxy) is 2. The Morgan fingerprint density at radius 1 is 1.22 bits per heavy atom. The standard InChI is InChI=1S/C16H18BrNO3S2/c1-4-18-15(19)14(23-16(18)22)8-10-7-11(17)13(21-6-3)9-12(10)20-5-2/h7-9H,4-6H2,1-3H3/b14-8-. The van der Waals surface area contributed by atoms with Gasteiger partial charge in [0.15, 0.2) is 0 Å². The largest absolute Gasteiger partial charge is 0.493 e. The molecule has 124 valence electrons. The van der Waals surface area contributed by atoms with E-state index >= 15 is 0 Å². The first-order valence-electron chi connectivity index (χ1n) is 7.36. The second-order valence-electron chi connectivity index (χ2n) is 4.61. The zero-order valence-electron chi connectivity index (χ0n) is 13.2. The average molecular weight is 416 g/mol. The molecule has 0 radical (unpaired) electrons. The number of halogens is 1. The summed E-state index contributed by atoms with van der Waals surface area (Å²) in [6, 6.07) is 3.73. The predicted octanol–water partition coefficient (Wildman–Crippen LogP) is 4.47. The maximum absolute atomic E-state index is 12.3. The number of hydrogen-bond donors (Lipinski definition) is 0. The van der Waals surface area contributed by atoms with E-state index in [1.165, 1.54) is 11.8 Å². The molecule has 7 heteroatoms. The highest BCUT2D eigenvalue weighted by Crippen LogP contribution is 2.38. The summed E-state index contributed by atoms with van der Waals surface area (Å²) in [5.74, 6) is 1.34. The molecule has 1 heterocycles. The van der Waals surface area contributed by atoms with Gasteiger partial charge in [0.1, 0.15) is 15.8 Å². The lowest BCUT2D eigenvalue weighted by Gasteiger charge is -2.13. The summed E-state index contributed by atoms with van der Waals surface area (Å²) < 4.78 is 12.7. The van der Waals surface area contributed by atoms with Gasteiger partial charge in [-0.3, -0.25) is 9.69 Å². The summed E-state index contributed by atoms with van der Waals surface area (Å²) >= 11 is 10.1. The van der Waals surface area contributed by atoms with Gasteiger partial charge in [0.2, 0.25) is 0 Å². The van der Waals surface area contributed by atoms with Crippen LogP contribution in [0.2, 0.25) is 0 Å². The second kappa shape index (κ2) is 8.17. The van der Waals surface area contributed by atoms with Crippen LogP contribution >= 0.6 is 39.9 Å². The van der Waals surface area contributed by atoms with Crippen LogP contribution in [0.5, 0.6) is 11.5 Å². The van der Waals surface area contributed by atoms with Crippen molar-refractivity contribution in [2.45, 2.75) is 20.8 Å². The quantitative estimate of drug-likeness (QED) is 0.506. The Labute approximate surface area is 154 Å². The SMILES string of the molecule is CCOc1cc(OCC)c(/C=C2\SC(=S)N(CC)C2=O)cc1Br. The normalized spacial score (nSPS) is 16.3. The third kappa shape index (κ3) is 4.08. The molecule has 0 spiro atoms. The van der Waals surface area contributed by atoms with Crippen molar-refractivity contribution in [1.29, 1.82) is 0 Å². The highest BCUT2D eigenvalue weighted by atomic mass is 79.9. The lowest BCUT2D eigenvalue weighted by Crippen LogP contribution is -2.27. The molecule has 1 amide bonds. The van der Waals surface area contributed by atoms with Gasteiger partial charge >= 0.3 is 0 Å². The summed E-state index contributed by atoms with van der Waals surface area (Å²) in [5, 5.41) is 0. The highest BCUT2D eigenvalue weighted by Gasteiger charge is 2.30. The minimum absolute atomic E-state index is 0.0602. The van der Waals surface area contributed by atoms with Crippen LogP contribution in [0.15, 0.2) is 21.5 Å². The predicted molar refractivity (Wildman–Crippen MR) is 102 cm³/mol. The van der Waals surface area contributed by atoms with E-state index in [1.807, 2.05) is 39.0 Å². The topological polar surface area (TPSA) is 38.8 Å². The van der Waals surface area contributed by atoms with Crippen LogP contribution in [0.25, 0.3) is 6.08 Å². The summed E-state index contributed by atoms with van der Waals surface area (Å²) in [6.45, 7) is 7.43. The van der Waals surface area contributed by atoms with Crippen molar-refractivity contribution in [2.24, 2.45) is 0 Å². The smallest absolute Gasteiger partial charge is 0.266 e. The number of thioether (sulfide) groups is 1. The fourth-order valence-corrected chi connectivity index (χ4v) is 3.97. The molecule has 0 bridgehead atoms. The molecule has 0 aromatic heterocycles. The molecule has 0 unspecified atom stereocenters. The van der Waals surface area contributed by atoms with Crippen molar-refractivity contribution in [3.63, 3.8) is 0 Å². The fourth-order valence-electron chi connectivity index (χ4n) is 2.12. The number of carbonyl (C=O) groups is 1. The van der Waals surface area contributed by atoms with Gasteiger partial charge in [0.05, 0.1) is 22.6 Å². The van der Waals surface area contributed by atoms with Crippen LogP contribution < -0.4 is 9.47 Å². The Morgan fingerprint density at radius 3 is 2.43 bits per heavy atom. The number of thiocarbonyl (C=S) groups is 1. The molecule has 1 aliphatic heterocycles. The summed E-state index contributed by atoms with van der Waals surface area (Å²) in [4.78, 5) is 14.5. The van der Waals surface area contributed by atoms with Crippen LogP contribution in [0.1, 0.15) is 26.3 Å². The molecule has 23 heavy (non-hydrogen) atoms. The molecule has 0 aliphatic carbocycles. The summed E-state index contributed by atoms with van der Waals surface area (Å²) in [6.07, 6.45) is 1.82. The van der Waals surface area contributed by atoms with Crippen LogP contribution in [-0.2, 0) is 4.79 Å². The zero-order valence-corrected chi connectivity index (χ0v) is 16.4. The Balaban J connectivity index is 2.42. The Morgan fingerprint density at radius 2 is 1.87 bits per heavy atom. The van der Waals surface area contributed by atoms with E-state index in [9.17, 15) is 4.79 Å². The van der Waals surface area contributed by atoms with Crippen molar-refractivity contribution in [2.75, 3.05) is 19.8 Å². The number of amides is 1. The van der Waals surface area contributed by atoms with Crippen LogP contribution in [-0.4, -0.2) is 34.9 Å². The van der Waals surface area contributed by atoms with E-state index in [0.29, 0.717) is 40.5 Å². The second-order valence-corrected chi connectivity index (χ2v) is 7.14. The molecular formula is C16H18BrNO3S2. The summed E-state index contributed by atoms with van der Waals surface area (Å²) in [7, 11) is 0. The van der Waals surface area contributed by atoms with Gasteiger partial charge in [-0.2, -0.15) is 0 Å². The molecule has 1 fully saturated rings. The van der Waals surface area contributed by atoms with E-state index in [1.54, 1.807) is 4.90 Å². The first-order valence-corrected chi connectivity index (χ1v) is 9.38. The van der Waals surface area contributed by atoms with Gasteiger partial charge in [-0.25, -0.2) is 0 Å². The maximum atomic E-state index is 12.3. The highest BCUT2D eigenvalue weighted by molar-refractivity contribution is 9.10. The lowest BCUT2D eigenvalue weighted by atomic mass is 10.1. The molecule has 1 aromatic rings. The Bertz CT molecular complexity index is 661. The summed E-state index contributed by atoms with van der Waals surface area (Å²) in [5.41, 5.74) is 0.818. The van der Waals surface area contributed by atoms with Crippen molar-refractivity contribution in [3.05, 3.63) is 27.1 Å². The van der Waals surface area contributed by atoms with Gasteiger partial charge in [0, 0.05) is 18.2 Å². The van der Waals surface area contributed by atoms with E-state index in [2.05, 4.69) is 15.9 Å². The van der Waals surface area contributed by atoms with Crippen molar-refractivity contribution >= 4 is 56.2 Å². The van der Waals surface area contributed by atoms with E-state index in [4.69, 9.17) is 21.7 Å². The van der Waals surface area contributed by atoms with E-state index < -0.39 is 0 Å². The lowest BCUT2D eigenvalue weighted by molar-refractivity contribution is -0.121. The molecule has 1 aromatic carbocycles. The number of likely N-dealkylation sites (N-methyl/N-ethyl adjacent to an activating group) is 1. The molecule has 0 atom stereocenters. The number of carbonyl (C=O) groups excluding carboxylic acids is 1. The third-order valence-corrected chi connectivity index (χ3v) is 5.14. The molecule has 1 aliphatic rings. The van der Waals surface area contributed by atoms with Crippen LogP contribution in [0, 0.1) is 0 Å². The van der Waals surface area contributed by atoms with Crippen molar-refractivity contribution < 1.29 is 14.3 Å². The van der Waals surface area contributed by atoms with Gasteiger partial charge in [-0.1, -0.05) is 24.0 Å². The first-order chi connectivity index (χ1) is 11.0. The number of nitrogens with zero attached hydrogens (tertiary/aromatic N) is 1. The zero-order chi connectivity index (χ0) is 17.0. The Kier molecular flexibility index (Phi) is 6.50. The average Bonchev–Trinajstić information content (AvgIpc) is 2.78. The Hall–Kier alpha value is -1.05. The fraction of sp³-hybridized carbons (Fsp3) is 0.375. The van der Waals surface area contributed by atoms with Crippen LogP contribution in [0.4, 0.5) is 0 Å².